The molecule has 0 spiro atoms. The molecule has 0 aliphatic carbocycles. The fraction of sp³-hybridized carbons (Fsp3) is 0.143. The van der Waals surface area contributed by atoms with Crippen molar-refractivity contribution in [2.75, 3.05) is 0 Å². The van der Waals surface area contributed by atoms with Gasteiger partial charge in [-0.05, 0) is 12.1 Å². The van der Waals surface area contributed by atoms with E-state index >= 15 is 0 Å². The van der Waals surface area contributed by atoms with E-state index in [0.717, 1.165) is 5.56 Å². The van der Waals surface area contributed by atoms with Crippen LogP contribution in [0, 0.1) is 0 Å². The van der Waals surface area contributed by atoms with Gasteiger partial charge in [0.25, 0.3) is 0 Å². The minimum Gasteiger partial charge on any atom is -0.255 e. The summed E-state index contributed by atoms with van der Waals surface area (Å²) in [7, 11) is 0. The lowest BCUT2D eigenvalue weighted by atomic mass is 10.2. The third-order valence-corrected chi connectivity index (χ3v) is 3.42. The summed E-state index contributed by atoms with van der Waals surface area (Å²) in [4.78, 5) is 15.6. The summed E-state index contributed by atoms with van der Waals surface area (Å²) in [5, 5.41) is 10.4. The maximum absolute atomic E-state index is 12.7. The number of rotatable bonds is 3. The first-order valence-corrected chi connectivity index (χ1v) is 7.08. The number of hydrogen-bond donors (Lipinski definition) is 1. The molecule has 1 N–H and O–H groups in total. The molecule has 0 fully saturated rings. The first-order chi connectivity index (χ1) is 12.0. The molecule has 4 heterocycles. The van der Waals surface area contributed by atoms with Crippen LogP contribution < -0.4 is 0 Å². The van der Waals surface area contributed by atoms with Crippen LogP contribution in [0.25, 0.3) is 22.6 Å². The molecule has 4 aromatic heterocycles. The third-order valence-electron chi connectivity index (χ3n) is 3.42. The second-order valence-electron chi connectivity index (χ2n) is 5.13. The minimum atomic E-state index is -4.61. The van der Waals surface area contributed by atoms with Crippen molar-refractivity contribution in [2.45, 2.75) is 12.7 Å². The van der Waals surface area contributed by atoms with Gasteiger partial charge in [-0.25, -0.2) is 24.6 Å². The number of aromatic amines is 1. The molecule has 0 aliphatic heterocycles. The number of H-pyrrole nitrogens is 1. The summed E-state index contributed by atoms with van der Waals surface area (Å²) in [5.41, 5.74) is 1.49. The van der Waals surface area contributed by atoms with Crippen molar-refractivity contribution in [1.29, 1.82) is 0 Å². The van der Waals surface area contributed by atoms with E-state index in [0.29, 0.717) is 17.6 Å². The van der Waals surface area contributed by atoms with E-state index < -0.39 is 12.0 Å². The van der Waals surface area contributed by atoms with Crippen LogP contribution in [-0.2, 0) is 12.7 Å². The van der Waals surface area contributed by atoms with E-state index in [9.17, 15) is 13.2 Å². The largest absolute Gasteiger partial charge is 0.451 e. The summed E-state index contributed by atoms with van der Waals surface area (Å²) in [6.07, 6.45) is 1.62. The molecule has 0 saturated heterocycles. The Morgan fingerprint density at radius 1 is 1.16 bits per heavy atom. The van der Waals surface area contributed by atoms with Gasteiger partial charge in [-0.1, -0.05) is 0 Å². The molecule has 0 saturated carbocycles. The predicted molar refractivity (Wildman–Crippen MR) is 79.0 cm³/mol. The Bertz CT molecular complexity index is 1020. The molecule has 0 aliphatic rings. The Balaban J connectivity index is 1.81. The highest BCUT2D eigenvalue weighted by molar-refractivity contribution is 5.89. The van der Waals surface area contributed by atoms with Crippen LogP contribution in [0.1, 0.15) is 11.4 Å². The highest BCUT2D eigenvalue weighted by atomic mass is 19.4. The second-order valence-corrected chi connectivity index (χ2v) is 5.13. The Labute approximate surface area is 137 Å². The zero-order valence-corrected chi connectivity index (χ0v) is 12.4. The molecular weight excluding hydrogens is 337 g/mol. The van der Waals surface area contributed by atoms with Gasteiger partial charge in [0.15, 0.2) is 5.65 Å². The molecule has 4 aromatic rings. The first-order valence-electron chi connectivity index (χ1n) is 7.08. The molecular formula is C14H9F3N8. The number of alkyl halides is 3. The number of halogens is 3. The first kappa shape index (κ1) is 15.2. The van der Waals surface area contributed by atoms with Gasteiger partial charge >= 0.3 is 6.18 Å². The van der Waals surface area contributed by atoms with Gasteiger partial charge in [0.2, 0.25) is 11.6 Å². The van der Waals surface area contributed by atoms with Gasteiger partial charge in [0.05, 0.1) is 11.9 Å². The highest BCUT2D eigenvalue weighted by Gasteiger charge is 2.35. The molecule has 0 atom stereocenters. The Kier molecular flexibility index (Phi) is 3.41. The molecule has 0 unspecified atom stereocenters. The molecule has 4 rings (SSSR count). The van der Waals surface area contributed by atoms with Crippen molar-refractivity contribution in [1.82, 2.24) is 39.9 Å². The predicted octanol–water partition coefficient (Wildman–Crippen LogP) is 2.07. The number of nitrogens with zero attached hydrogens (tertiary/aromatic N) is 7. The minimum absolute atomic E-state index is 0.145. The molecule has 25 heavy (non-hydrogen) atoms. The maximum atomic E-state index is 12.7. The lowest BCUT2D eigenvalue weighted by molar-refractivity contribution is -0.144. The number of hydrogen-bond acceptors (Lipinski definition) is 6. The van der Waals surface area contributed by atoms with E-state index in [-0.39, 0.29) is 11.5 Å². The van der Waals surface area contributed by atoms with Crippen LogP contribution in [0.5, 0.6) is 0 Å². The zero-order valence-electron chi connectivity index (χ0n) is 12.4. The standard InChI is InChI=1S/C14H9F3N8/c15-14(16,17)13-21-11(22-23-13)10-9-2-1-3-20-12(9)25(24-10)6-8-4-18-7-19-5-8/h1-5,7H,6H2,(H,21,22,23). The van der Waals surface area contributed by atoms with E-state index in [1.54, 1.807) is 35.4 Å². The molecule has 0 aromatic carbocycles. The normalized spacial score (nSPS) is 12.0. The van der Waals surface area contributed by atoms with E-state index in [1.165, 1.54) is 6.33 Å². The lowest BCUT2D eigenvalue weighted by Gasteiger charge is -2.01. The SMILES string of the molecule is FC(F)(F)c1nc(-c2nn(Cc3cncnc3)c3ncccc23)n[nH]1. The average molecular weight is 346 g/mol. The molecule has 126 valence electrons. The molecule has 0 radical (unpaired) electrons. The summed E-state index contributed by atoms with van der Waals surface area (Å²) < 4.78 is 39.8. The number of pyridine rings is 1. The van der Waals surface area contributed by atoms with Crippen molar-refractivity contribution in [3.63, 3.8) is 0 Å². The fourth-order valence-electron chi connectivity index (χ4n) is 2.36. The molecule has 0 bridgehead atoms. The zero-order chi connectivity index (χ0) is 17.4. The third kappa shape index (κ3) is 2.79. The van der Waals surface area contributed by atoms with Crippen LogP contribution in [0.4, 0.5) is 13.2 Å². The van der Waals surface area contributed by atoms with Crippen molar-refractivity contribution < 1.29 is 13.2 Å². The van der Waals surface area contributed by atoms with Crippen LogP contribution >= 0.6 is 0 Å². The summed E-state index contributed by atoms with van der Waals surface area (Å²) in [6.45, 7) is 0.310. The maximum Gasteiger partial charge on any atom is 0.451 e. The Hall–Kier alpha value is -3.37. The van der Waals surface area contributed by atoms with E-state index in [4.69, 9.17) is 0 Å². The van der Waals surface area contributed by atoms with Crippen molar-refractivity contribution in [2.24, 2.45) is 0 Å². The van der Waals surface area contributed by atoms with Crippen molar-refractivity contribution in [3.8, 4) is 11.5 Å². The molecule has 11 heteroatoms. The summed E-state index contributed by atoms with van der Waals surface area (Å²) >= 11 is 0. The van der Waals surface area contributed by atoms with E-state index in [2.05, 4.69) is 30.1 Å². The van der Waals surface area contributed by atoms with Crippen molar-refractivity contribution >= 4 is 11.0 Å². The van der Waals surface area contributed by atoms with Crippen LogP contribution in [-0.4, -0.2) is 39.9 Å². The van der Waals surface area contributed by atoms with Crippen LogP contribution in [0.2, 0.25) is 0 Å². The monoisotopic (exact) mass is 346 g/mol. The topological polar surface area (TPSA) is 98.1 Å². The van der Waals surface area contributed by atoms with Gasteiger partial charge in [0.1, 0.15) is 12.0 Å². The fourth-order valence-corrected chi connectivity index (χ4v) is 2.36. The smallest absolute Gasteiger partial charge is 0.255 e. The number of nitrogens with one attached hydrogen (secondary N) is 1. The highest BCUT2D eigenvalue weighted by Crippen LogP contribution is 2.29. The molecule has 8 nitrogen and oxygen atoms in total. The van der Waals surface area contributed by atoms with Gasteiger partial charge in [-0.2, -0.15) is 23.4 Å². The Morgan fingerprint density at radius 2 is 1.96 bits per heavy atom. The second kappa shape index (κ2) is 5.61. The quantitative estimate of drug-likeness (QED) is 0.610. The van der Waals surface area contributed by atoms with Gasteiger partial charge in [-0.3, -0.25) is 5.10 Å². The number of aromatic nitrogens is 8. The summed E-state index contributed by atoms with van der Waals surface area (Å²) in [6, 6.07) is 3.37. The Morgan fingerprint density at radius 3 is 2.68 bits per heavy atom. The van der Waals surface area contributed by atoms with Gasteiger partial charge in [-0.15, -0.1) is 0 Å². The average Bonchev–Trinajstić information content (AvgIpc) is 3.21. The lowest BCUT2D eigenvalue weighted by Crippen LogP contribution is -2.07. The molecule has 0 amide bonds. The van der Waals surface area contributed by atoms with E-state index in [1.807, 2.05) is 5.10 Å². The van der Waals surface area contributed by atoms with Crippen LogP contribution in [0.15, 0.2) is 37.1 Å². The summed E-state index contributed by atoms with van der Waals surface area (Å²) in [5.74, 6) is -1.32. The number of fused-ring (bicyclic) bond motifs is 1. The van der Waals surface area contributed by atoms with Gasteiger partial charge in [0, 0.05) is 24.2 Å². The van der Waals surface area contributed by atoms with Gasteiger partial charge < -0.3 is 0 Å². The van der Waals surface area contributed by atoms with Crippen molar-refractivity contribution in [3.05, 3.63) is 48.4 Å². The van der Waals surface area contributed by atoms with Crippen LogP contribution in [0.3, 0.4) is 0 Å².